The molecule has 0 spiro atoms. The van der Waals surface area contributed by atoms with Crippen LogP contribution < -0.4 is 45.6 Å². The van der Waals surface area contributed by atoms with Gasteiger partial charge in [-0.2, -0.15) is 24.3 Å². The summed E-state index contributed by atoms with van der Waals surface area (Å²) in [5.74, 6) is 0. The number of fused-ring (bicyclic) bond motifs is 4. The summed E-state index contributed by atoms with van der Waals surface area (Å²) in [5, 5.41) is 16.9. The summed E-state index contributed by atoms with van der Waals surface area (Å²) in [5.41, 5.74) is 5.84. The molecule has 0 N–H and O–H groups in total. The predicted molar refractivity (Wildman–Crippen MR) is 349 cm³/mol. The van der Waals surface area contributed by atoms with Gasteiger partial charge in [0.2, 0.25) is 0 Å². The van der Waals surface area contributed by atoms with E-state index in [2.05, 4.69) is 350 Å². The first-order chi connectivity index (χ1) is 38.0. The summed E-state index contributed by atoms with van der Waals surface area (Å²) in [7, 11) is 0. The van der Waals surface area contributed by atoms with Crippen molar-refractivity contribution in [2.45, 2.75) is 105 Å². The monoisotopic (exact) mass is 1300 g/mol. The zero-order valence-electron chi connectivity index (χ0n) is 50.2. The summed E-state index contributed by atoms with van der Waals surface area (Å²) in [6, 6.07) is 95.8. The van der Waals surface area contributed by atoms with Crippen molar-refractivity contribution in [3.63, 3.8) is 0 Å². The Labute approximate surface area is 534 Å². The summed E-state index contributed by atoms with van der Waals surface area (Å²) in [6.45, 7) is 27.0. The Morgan fingerprint density at radius 2 is 0.402 bits per heavy atom. The normalized spacial score (nSPS) is 11.1. The maximum atomic E-state index is 2.29. The fourth-order valence-corrected chi connectivity index (χ4v) is 16.8. The van der Waals surface area contributed by atoms with Crippen LogP contribution in [0.4, 0.5) is 0 Å². The van der Waals surface area contributed by atoms with E-state index in [4.69, 9.17) is 0 Å². The minimum atomic E-state index is -0.455. The van der Waals surface area contributed by atoms with Gasteiger partial charge in [-0.05, 0) is 21.7 Å². The molecule has 0 atom stereocenters. The SMILES string of the molecule is CC(C)(C)c1cc2ccccc2[cH-]1.CC(C)(C)c1cc2ccccc2[cH-]1.CC(C)(C)c1cc2ccccc2[cH-]1.CC(C)(C)c1cc2ccccc2[cH-]1.[Cl-].[Cl-].[Zr+2]=[Si](c1ccccc1)c1ccccc1.[Zr+2]=[Si](c1ccccc1)c1ccccc1. The van der Waals surface area contributed by atoms with Gasteiger partial charge in [0, 0.05) is 0 Å². The Morgan fingerprint density at radius 1 is 0.244 bits per heavy atom. The third-order valence-electron chi connectivity index (χ3n) is 14.2. The first kappa shape index (κ1) is 67.8. The van der Waals surface area contributed by atoms with Gasteiger partial charge in [-0.25, -0.2) is 0 Å². The van der Waals surface area contributed by atoms with Crippen molar-refractivity contribution in [1.82, 2.24) is 0 Å². The zero-order valence-corrected chi connectivity index (χ0v) is 58.6. The Bertz CT molecular complexity index is 3200. The minimum absolute atomic E-state index is 0. The third kappa shape index (κ3) is 20.1. The molecule has 0 amide bonds. The van der Waals surface area contributed by atoms with Crippen LogP contribution in [0.25, 0.3) is 43.1 Å². The third-order valence-corrected chi connectivity index (χ3v) is 26.3. The van der Waals surface area contributed by atoms with Crippen LogP contribution in [0, 0.1) is 0 Å². The van der Waals surface area contributed by atoms with E-state index < -0.39 is 10.9 Å². The van der Waals surface area contributed by atoms with Crippen LogP contribution >= 0.6 is 0 Å². The molecule has 0 saturated carbocycles. The molecular weight excluding hydrogens is 1220 g/mol. The molecule has 0 unspecified atom stereocenters. The molecule has 12 aromatic carbocycles. The molecule has 12 rings (SSSR count). The Balaban J connectivity index is 0.000000180. The molecule has 0 nitrogen and oxygen atoms in total. The molecule has 0 aromatic heterocycles. The summed E-state index contributed by atoms with van der Waals surface area (Å²) < 4.78 is 0. The van der Waals surface area contributed by atoms with Crippen molar-refractivity contribution in [1.29, 1.82) is 0 Å². The molecule has 0 heterocycles. The van der Waals surface area contributed by atoms with E-state index in [1.54, 1.807) is 46.7 Å². The second-order valence-electron chi connectivity index (χ2n) is 24.7. The van der Waals surface area contributed by atoms with Crippen LogP contribution in [0.3, 0.4) is 0 Å². The van der Waals surface area contributed by atoms with Crippen molar-refractivity contribution in [3.05, 3.63) is 289 Å². The van der Waals surface area contributed by atoms with E-state index in [-0.39, 0.29) is 46.5 Å². The summed E-state index contributed by atoms with van der Waals surface area (Å²) >= 11 is 3.29. The molecule has 0 bridgehead atoms. The van der Waals surface area contributed by atoms with E-state index in [0.29, 0.717) is 0 Å². The second-order valence-corrected chi connectivity index (χ2v) is 35.9. The molecule has 0 aliphatic rings. The second kappa shape index (κ2) is 31.2. The van der Waals surface area contributed by atoms with Gasteiger partial charge in [0.25, 0.3) is 0 Å². The zero-order chi connectivity index (χ0) is 57.5. The van der Waals surface area contributed by atoms with Gasteiger partial charge in [0.05, 0.1) is 0 Å². The molecule has 0 aliphatic carbocycles. The van der Waals surface area contributed by atoms with E-state index in [0.717, 1.165) is 0 Å². The number of hydrogen-bond acceptors (Lipinski definition) is 0. The topological polar surface area (TPSA) is 0 Å². The first-order valence-electron chi connectivity index (χ1n) is 28.1. The van der Waals surface area contributed by atoms with Gasteiger partial charge in [-0.1, -0.05) is 107 Å². The van der Waals surface area contributed by atoms with Crippen LogP contribution in [0.15, 0.2) is 267 Å². The Morgan fingerprint density at radius 3 is 0.561 bits per heavy atom. The van der Waals surface area contributed by atoms with E-state index in [1.807, 2.05) is 0 Å². The first-order valence-corrected chi connectivity index (χ1v) is 38.4. The van der Waals surface area contributed by atoms with E-state index in [1.165, 1.54) is 86.1 Å². The van der Waals surface area contributed by atoms with Crippen LogP contribution in [0.1, 0.15) is 105 Å². The van der Waals surface area contributed by atoms with E-state index >= 15 is 0 Å². The molecule has 0 aliphatic heterocycles. The Hall–Kier alpha value is -5.02. The summed E-state index contributed by atoms with van der Waals surface area (Å²) in [4.78, 5) is 0. The van der Waals surface area contributed by atoms with Crippen LogP contribution in [0.5, 0.6) is 0 Å². The summed E-state index contributed by atoms with van der Waals surface area (Å²) in [6.07, 6.45) is 0. The van der Waals surface area contributed by atoms with Crippen LogP contribution in [-0.4, -0.2) is 10.9 Å². The van der Waals surface area contributed by atoms with Crippen molar-refractivity contribution in [2.24, 2.45) is 0 Å². The fraction of sp³-hybridized carbons (Fsp3) is 0.211. The van der Waals surface area contributed by atoms with Gasteiger partial charge >= 0.3 is 200 Å². The van der Waals surface area contributed by atoms with Crippen molar-refractivity contribution in [3.8, 4) is 0 Å². The van der Waals surface area contributed by atoms with Gasteiger partial charge in [-0.15, -0.1) is 162 Å². The maximum absolute atomic E-state index is 2.29. The van der Waals surface area contributed by atoms with Crippen LogP contribution in [0.2, 0.25) is 0 Å². The molecule has 82 heavy (non-hydrogen) atoms. The average molecular weight is 1300 g/mol. The number of hydrogen-bond donors (Lipinski definition) is 0. The van der Waals surface area contributed by atoms with E-state index in [9.17, 15) is 0 Å². The number of rotatable bonds is 4. The fourth-order valence-electron chi connectivity index (χ4n) is 9.09. The van der Waals surface area contributed by atoms with Crippen molar-refractivity contribution in [2.75, 3.05) is 0 Å². The molecule has 0 fully saturated rings. The van der Waals surface area contributed by atoms with Crippen LogP contribution in [-0.2, 0) is 68.3 Å². The van der Waals surface area contributed by atoms with Crippen molar-refractivity contribution < 1.29 is 71.5 Å². The Kier molecular flexibility index (Phi) is 25.8. The average Bonchev–Trinajstić information content (AvgIpc) is 4.35. The van der Waals surface area contributed by atoms with Gasteiger partial charge in [0.1, 0.15) is 0 Å². The van der Waals surface area contributed by atoms with Crippen molar-refractivity contribution >= 4 is 74.7 Å². The number of halogens is 2. The quantitative estimate of drug-likeness (QED) is 0.122. The predicted octanol–water partition coefficient (Wildman–Crippen LogP) is 12.1. The molecular formula is C76H80Cl2Si2Zr2-2. The molecule has 0 radical (unpaired) electrons. The number of benzene rings is 8. The van der Waals surface area contributed by atoms with Gasteiger partial charge in [0.15, 0.2) is 0 Å². The standard InChI is InChI=1S/4C13H15.2C12H10Si.2ClH.2Zr/c4*1-13(2,3)12-8-10-6-4-5-7-11(10)9-12;2*1-3-7-11(8-4-1)13-12-9-5-2-6-10-12;;;;/h4*4-9H,1-3H3;2*1-10H;2*1H;;/q4*-1;;;;;2*+2/p-2. The molecule has 0 saturated heterocycles. The van der Waals surface area contributed by atoms with Gasteiger partial charge < -0.3 is 24.8 Å². The molecule has 416 valence electrons. The van der Waals surface area contributed by atoms with Gasteiger partial charge in [-0.3, -0.25) is 0 Å². The molecule has 12 aromatic rings. The molecule has 6 heteroatoms.